The van der Waals surface area contributed by atoms with Crippen LogP contribution in [0.1, 0.15) is 11.1 Å². The van der Waals surface area contributed by atoms with Gasteiger partial charge in [0.1, 0.15) is 11.5 Å². The summed E-state index contributed by atoms with van der Waals surface area (Å²) in [4.78, 5) is 13.8. The van der Waals surface area contributed by atoms with Gasteiger partial charge in [-0.3, -0.25) is 4.40 Å². The molecule has 2 aromatic carbocycles. The minimum absolute atomic E-state index is 0.282. The Morgan fingerprint density at radius 1 is 0.879 bits per heavy atom. The van der Waals surface area contributed by atoms with Crippen molar-refractivity contribution in [3.8, 4) is 22.6 Å². The van der Waals surface area contributed by atoms with E-state index in [4.69, 9.17) is 4.98 Å². The normalized spacial score (nSPS) is 11.1. The lowest BCUT2D eigenvalue weighted by Crippen LogP contribution is -2.12. The topological polar surface area (TPSA) is 67.1 Å². The highest BCUT2D eigenvalue weighted by atomic mass is 19.1. The van der Waals surface area contributed by atoms with Crippen LogP contribution in [-0.4, -0.2) is 26.4 Å². The van der Waals surface area contributed by atoms with Crippen LogP contribution in [0.25, 0.3) is 28.3 Å². The Kier molecular flexibility index (Phi) is 5.78. The van der Waals surface area contributed by atoms with Gasteiger partial charge >= 0.3 is 0 Å². The highest BCUT2D eigenvalue weighted by Gasteiger charge is 2.18. The molecule has 0 saturated heterocycles. The van der Waals surface area contributed by atoms with E-state index in [1.807, 2.05) is 34.9 Å². The maximum Gasteiger partial charge on any atom is 0.222 e. The van der Waals surface area contributed by atoms with Crippen LogP contribution in [-0.2, 0) is 13.1 Å². The summed E-state index contributed by atoms with van der Waals surface area (Å²) < 4.78 is 15.6. The van der Waals surface area contributed by atoms with E-state index in [2.05, 4.69) is 44.9 Å². The lowest BCUT2D eigenvalue weighted by molar-refractivity contribution is 0.628. The predicted molar refractivity (Wildman–Crippen MR) is 128 cm³/mol. The number of benzene rings is 2. The fourth-order valence-corrected chi connectivity index (χ4v) is 3.81. The average molecular weight is 439 g/mol. The van der Waals surface area contributed by atoms with E-state index in [9.17, 15) is 4.39 Å². The van der Waals surface area contributed by atoms with Crippen molar-refractivity contribution in [3.63, 3.8) is 0 Å². The van der Waals surface area contributed by atoms with E-state index in [1.54, 1.807) is 25.4 Å². The van der Waals surface area contributed by atoms with Gasteiger partial charge in [0.15, 0.2) is 0 Å². The summed E-state index contributed by atoms with van der Waals surface area (Å²) in [5.74, 6) is 0.240. The number of pyridine rings is 1. The van der Waals surface area contributed by atoms with Crippen molar-refractivity contribution < 1.29 is 4.39 Å². The second kappa shape index (κ2) is 9.18. The number of hydrogen-bond donors (Lipinski definition) is 2. The van der Waals surface area contributed by atoms with Gasteiger partial charge in [-0.1, -0.05) is 30.3 Å². The lowest BCUT2D eigenvalue weighted by Gasteiger charge is -2.08. The fraction of sp³-hybridized carbons (Fsp3) is 0.115. The Morgan fingerprint density at radius 2 is 1.67 bits per heavy atom. The average Bonchev–Trinajstić information content (AvgIpc) is 3.24. The number of fused-ring (bicyclic) bond motifs is 1. The second-order valence-corrected chi connectivity index (χ2v) is 7.68. The summed E-state index contributed by atoms with van der Waals surface area (Å²) >= 11 is 0. The third-order valence-corrected chi connectivity index (χ3v) is 5.43. The molecule has 164 valence electrons. The van der Waals surface area contributed by atoms with Crippen molar-refractivity contribution in [2.24, 2.45) is 0 Å². The smallest absolute Gasteiger partial charge is 0.222 e. The van der Waals surface area contributed by atoms with E-state index < -0.39 is 0 Å². The molecule has 0 aliphatic heterocycles. The number of imidazole rings is 1. The van der Waals surface area contributed by atoms with E-state index >= 15 is 0 Å². The SMILES string of the molecule is CNc1nccc(-c2c(-c3ccc(F)cc3)nc3cc(CNCc4ccccc4)ccn23)n1. The molecular formula is C26H23FN6. The molecule has 6 nitrogen and oxygen atoms in total. The quantitative estimate of drug-likeness (QED) is 0.377. The number of aromatic nitrogens is 4. The van der Waals surface area contributed by atoms with Crippen LogP contribution in [0.4, 0.5) is 10.3 Å². The van der Waals surface area contributed by atoms with Gasteiger partial charge in [-0.15, -0.1) is 0 Å². The van der Waals surface area contributed by atoms with Crippen LogP contribution >= 0.6 is 0 Å². The van der Waals surface area contributed by atoms with Gasteiger partial charge in [-0.25, -0.2) is 19.3 Å². The number of halogens is 1. The third kappa shape index (κ3) is 4.44. The van der Waals surface area contributed by atoms with Gasteiger partial charge in [0, 0.05) is 38.1 Å². The minimum Gasteiger partial charge on any atom is -0.357 e. The Labute approximate surface area is 191 Å². The molecule has 0 radical (unpaired) electrons. The Balaban J connectivity index is 1.53. The standard InChI is InChI=1S/C26H23FN6/c1-28-26-30-13-11-22(31-26)25-24(20-7-9-21(27)10-8-20)32-23-15-19(12-14-33(23)25)17-29-16-18-5-3-2-4-6-18/h2-15,29H,16-17H2,1H3,(H,28,30,31). The van der Waals surface area contributed by atoms with E-state index in [0.717, 1.165) is 46.9 Å². The molecule has 0 bridgehead atoms. The van der Waals surface area contributed by atoms with Crippen LogP contribution in [0.3, 0.4) is 0 Å². The van der Waals surface area contributed by atoms with Gasteiger partial charge < -0.3 is 10.6 Å². The first-order valence-corrected chi connectivity index (χ1v) is 10.7. The molecule has 0 amide bonds. The summed E-state index contributed by atoms with van der Waals surface area (Å²) in [7, 11) is 1.78. The zero-order valence-corrected chi connectivity index (χ0v) is 18.2. The van der Waals surface area contributed by atoms with E-state index in [0.29, 0.717) is 5.95 Å². The molecule has 3 aromatic heterocycles. The highest BCUT2D eigenvalue weighted by molar-refractivity contribution is 5.80. The molecule has 3 heterocycles. The lowest BCUT2D eigenvalue weighted by atomic mass is 10.1. The molecular weight excluding hydrogens is 415 g/mol. The molecule has 0 fully saturated rings. The molecule has 5 rings (SSSR count). The first-order chi connectivity index (χ1) is 16.2. The first kappa shape index (κ1) is 20.8. The zero-order chi connectivity index (χ0) is 22.6. The van der Waals surface area contributed by atoms with Crippen molar-refractivity contribution in [1.82, 2.24) is 24.7 Å². The van der Waals surface area contributed by atoms with Gasteiger partial charge in [0.25, 0.3) is 0 Å². The van der Waals surface area contributed by atoms with Crippen LogP contribution in [0.15, 0.2) is 85.2 Å². The molecule has 0 aliphatic carbocycles. The summed E-state index contributed by atoms with van der Waals surface area (Å²) in [5, 5.41) is 6.46. The molecule has 0 spiro atoms. The van der Waals surface area contributed by atoms with Crippen LogP contribution in [0.2, 0.25) is 0 Å². The monoisotopic (exact) mass is 438 g/mol. The van der Waals surface area contributed by atoms with Gasteiger partial charge in [-0.05, 0) is 53.6 Å². The van der Waals surface area contributed by atoms with Crippen molar-refractivity contribution >= 4 is 11.6 Å². The van der Waals surface area contributed by atoms with E-state index in [-0.39, 0.29) is 5.82 Å². The first-order valence-electron chi connectivity index (χ1n) is 10.7. The van der Waals surface area contributed by atoms with Gasteiger partial charge in [-0.2, -0.15) is 0 Å². The molecule has 0 atom stereocenters. The number of rotatable bonds is 7. The molecule has 2 N–H and O–H groups in total. The van der Waals surface area contributed by atoms with Crippen molar-refractivity contribution in [2.45, 2.75) is 13.1 Å². The largest absolute Gasteiger partial charge is 0.357 e. The predicted octanol–water partition coefficient (Wildman–Crippen LogP) is 4.93. The van der Waals surface area contributed by atoms with E-state index in [1.165, 1.54) is 17.7 Å². The summed E-state index contributed by atoms with van der Waals surface area (Å²) in [6.07, 6.45) is 3.72. The van der Waals surface area contributed by atoms with Crippen molar-refractivity contribution in [3.05, 3.63) is 102 Å². The molecule has 5 aromatic rings. The zero-order valence-electron chi connectivity index (χ0n) is 18.2. The van der Waals surface area contributed by atoms with Crippen molar-refractivity contribution in [1.29, 1.82) is 0 Å². The molecule has 0 unspecified atom stereocenters. The van der Waals surface area contributed by atoms with Crippen LogP contribution in [0.5, 0.6) is 0 Å². The fourth-order valence-electron chi connectivity index (χ4n) is 3.81. The Morgan fingerprint density at radius 3 is 2.45 bits per heavy atom. The number of hydrogen-bond acceptors (Lipinski definition) is 5. The van der Waals surface area contributed by atoms with Gasteiger partial charge in [0.2, 0.25) is 5.95 Å². The summed E-state index contributed by atoms with van der Waals surface area (Å²) in [5.41, 5.74) is 6.29. The summed E-state index contributed by atoms with van der Waals surface area (Å²) in [6, 6.07) is 22.7. The number of nitrogens with one attached hydrogen (secondary N) is 2. The number of nitrogens with zero attached hydrogens (tertiary/aromatic N) is 4. The highest BCUT2D eigenvalue weighted by Crippen LogP contribution is 2.32. The summed E-state index contributed by atoms with van der Waals surface area (Å²) in [6.45, 7) is 1.51. The maximum absolute atomic E-state index is 13.6. The third-order valence-electron chi connectivity index (χ3n) is 5.43. The van der Waals surface area contributed by atoms with Crippen molar-refractivity contribution in [2.75, 3.05) is 12.4 Å². The molecule has 33 heavy (non-hydrogen) atoms. The van der Waals surface area contributed by atoms with Crippen LogP contribution < -0.4 is 10.6 Å². The van der Waals surface area contributed by atoms with Gasteiger partial charge in [0.05, 0.1) is 17.1 Å². The molecule has 0 aliphatic rings. The Bertz CT molecular complexity index is 1380. The maximum atomic E-state index is 13.6. The minimum atomic E-state index is -0.282. The Hall–Kier alpha value is -4.10. The molecule has 7 heteroatoms. The second-order valence-electron chi connectivity index (χ2n) is 7.68. The number of anilines is 1. The molecule has 0 saturated carbocycles. The van der Waals surface area contributed by atoms with Crippen LogP contribution in [0, 0.1) is 5.82 Å².